The lowest BCUT2D eigenvalue weighted by Crippen LogP contribution is -2.28. The molecule has 78 valence electrons. The molecule has 0 saturated heterocycles. The van der Waals surface area contributed by atoms with E-state index < -0.39 is 0 Å². The van der Waals surface area contributed by atoms with Gasteiger partial charge < -0.3 is 0 Å². The number of pyridine rings is 2. The summed E-state index contributed by atoms with van der Waals surface area (Å²) >= 11 is 0. The molecule has 0 fully saturated rings. The number of aromatic nitrogens is 2. The molecule has 0 radical (unpaired) electrons. The zero-order valence-corrected chi connectivity index (χ0v) is 9.44. The van der Waals surface area contributed by atoms with Crippen LogP contribution in [-0.2, 0) is 7.05 Å². The lowest BCUT2D eigenvalue weighted by Gasteiger charge is -2.03. The minimum Gasteiger partial charge on any atom is -0.249 e. The van der Waals surface area contributed by atoms with Crippen molar-refractivity contribution in [2.24, 2.45) is 7.05 Å². The number of aryl methyl sites for hydroxylation is 2. The fourth-order valence-corrected chi connectivity index (χ4v) is 2.27. The van der Waals surface area contributed by atoms with Crippen LogP contribution in [0.3, 0.4) is 0 Å². The van der Waals surface area contributed by atoms with E-state index in [9.17, 15) is 0 Å². The van der Waals surface area contributed by atoms with Crippen molar-refractivity contribution >= 4 is 21.8 Å². The highest BCUT2D eigenvalue weighted by Gasteiger charge is 2.11. The van der Waals surface area contributed by atoms with E-state index in [1.165, 1.54) is 21.9 Å². The van der Waals surface area contributed by atoms with Crippen molar-refractivity contribution in [1.82, 2.24) is 4.98 Å². The van der Waals surface area contributed by atoms with Crippen molar-refractivity contribution in [1.29, 1.82) is 0 Å². The largest absolute Gasteiger partial charge is 0.249 e. The van der Waals surface area contributed by atoms with E-state index in [1.807, 2.05) is 12.3 Å². The molecule has 1 aromatic carbocycles. The zero-order valence-electron chi connectivity index (χ0n) is 9.44. The van der Waals surface area contributed by atoms with Crippen LogP contribution in [0.1, 0.15) is 5.56 Å². The third-order valence-electron chi connectivity index (χ3n) is 3.04. The minimum atomic E-state index is 1.05. The average molecular weight is 209 g/mol. The van der Waals surface area contributed by atoms with E-state index in [0.29, 0.717) is 0 Å². The molecule has 0 spiro atoms. The van der Waals surface area contributed by atoms with Crippen LogP contribution in [0, 0.1) is 6.92 Å². The van der Waals surface area contributed by atoms with Gasteiger partial charge in [0.2, 0.25) is 5.52 Å². The van der Waals surface area contributed by atoms with E-state index in [1.54, 1.807) is 0 Å². The Hall–Kier alpha value is -1.96. The maximum Gasteiger partial charge on any atom is 0.239 e. The number of benzene rings is 1. The third kappa shape index (κ3) is 1.20. The van der Waals surface area contributed by atoms with Gasteiger partial charge in [0.15, 0.2) is 6.20 Å². The molecule has 3 aromatic rings. The van der Waals surface area contributed by atoms with E-state index in [4.69, 9.17) is 0 Å². The maximum atomic E-state index is 4.49. The van der Waals surface area contributed by atoms with Gasteiger partial charge in [-0.15, -0.1) is 0 Å². The van der Waals surface area contributed by atoms with Crippen LogP contribution in [0.4, 0.5) is 0 Å². The van der Waals surface area contributed by atoms with Gasteiger partial charge >= 0.3 is 0 Å². The van der Waals surface area contributed by atoms with Gasteiger partial charge in [-0.1, -0.05) is 18.2 Å². The highest BCUT2D eigenvalue weighted by atomic mass is 14.9. The highest BCUT2D eigenvalue weighted by molar-refractivity contribution is 6.02. The number of hydrogen-bond acceptors (Lipinski definition) is 1. The molecule has 0 saturated carbocycles. The summed E-state index contributed by atoms with van der Waals surface area (Å²) in [5.74, 6) is 0. The second-order valence-electron chi connectivity index (χ2n) is 4.15. The second kappa shape index (κ2) is 3.27. The highest BCUT2D eigenvalue weighted by Crippen LogP contribution is 2.23. The Bertz CT molecular complexity index is 626. The van der Waals surface area contributed by atoms with Crippen molar-refractivity contribution in [3.8, 4) is 0 Å². The molecule has 0 amide bonds. The van der Waals surface area contributed by atoms with E-state index in [2.05, 4.69) is 54.0 Å². The van der Waals surface area contributed by atoms with Gasteiger partial charge in [-0.05, 0) is 18.6 Å². The standard InChI is InChI=1S/C14H13N2/c1-10-5-3-6-11-9-15-12-7-4-8-16(2)14(12)13(10)11/h3-9H,1-2H3/q+1. The summed E-state index contributed by atoms with van der Waals surface area (Å²) in [5.41, 5.74) is 3.55. The minimum absolute atomic E-state index is 1.05. The normalized spacial score (nSPS) is 11.1. The molecule has 0 aliphatic rings. The third-order valence-corrected chi connectivity index (χ3v) is 3.04. The van der Waals surface area contributed by atoms with E-state index in [0.717, 1.165) is 5.52 Å². The van der Waals surface area contributed by atoms with Crippen LogP contribution in [0.2, 0.25) is 0 Å². The van der Waals surface area contributed by atoms with Gasteiger partial charge in [0, 0.05) is 17.6 Å². The lowest BCUT2D eigenvalue weighted by atomic mass is 10.1. The molecule has 0 bridgehead atoms. The Kier molecular flexibility index (Phi) is 1.90. The van der Waals surface area contributed by atoms with Crippen molar-refractivity contribution in [3.05, 3.63) is 48.3 Å². The Labute approximate surface area is 94.2 Å². The van der Waals surface area contributed by atoms with Gasteiger partial charge in [-0.25, -0.2) is 4.98 Å². The van der Waals surface area contributed by atoms with Crippen molar-refractivity contribution in [2.75, 3.05) is 0 Å². The molecular weight excluding hydrogens is 196 g/mol. The van der Waals surface area contributed by atoms with Gasteiger partial charge in [0.05, 0.1) is 5.39 Å². The van der Waals surface area contributed by atoms with Crippen LogP contribution in [0.25, 0.3) is 21.8 Å². The number of hydrogen-bond donors (Lipinski definition) is 0. The van der Waals surface area contributed by atoms with Gasteiger partial charge in [-0.3, -0.25) is 0 Å². The summed E-state index contributed by atoms with van der Waals surface area (Å²) in [7, 11) is 2.07. The second-order valence-corrected chi connectivity index (χ2v) is 4.15. The van der Waals surface area contributed by atoms with Crippen LogP contribution in [-0.4, -0.2) is 4.98 Å². The first-order chi connectivity index (χ1) is 7.77. The van der Waals surface area contributed by atoms with Crippen LogP contribution in [0.15, 0.2) is 42.7 Å². The number of rotatable bonds is 0. The lowest BCUT2D eigenvalue weighted by molar-refractivity contribution is -0.644. The summed E-state index contributed by atoms with van der Waals surface area (Å²) in [6.07, 6.45) is 4.01. The first-order valence-corrected chi connectivity index (χ1v) is 5.40. The molecule has 0 atom stereocenters. The monoisotopic (exact) mass is 209 g/mol. The molecule has 2 heterocycles. The first-order valence-electron chi connectivity index (χ1n) is 5.40. The predicted molar refractivity (Wildman–Crippen MR) is 65.2 cm³/mol. The SMILES string of the molecule is Cc1cccc2cnc3ccc[n+](C)c3c12. The number of nitrogens with zero attached hydrogens (tertiary/aromatic N) is 2. The van der Waals surface area contributed by atoms with Crippen molar-refractivity contribution in [2.45, 2.75) is 6.92 Å². The molecule has 2 nitrogen and oxygen atoms in total. The fraction of sp³-hybridized carbons (Fsp3) is 0.143. The van der Waals surface area contributed by atoms with E-state index in [-0.39, 0.29) is 0 Å². The molecule has 0 unspecified atom stereocenters. The van der Waals surface area contributed by atoms with Crippen molar-refractivity contribution < 1.29 is 4.57 Å². The molecule has 2 heteroatoms. The van der Waals surface area contributed by atoms with Gasteiger partial charge in [0.25, 0.3) is 0 Å². The predicted octanol–water partition coefficient (Wildman–Crippen LogP) is 2.52. The maximum absolute atomic E-state index is 4.49. The molecule has 0 aliphatic carbocycles. The molecule has 0 aliphatic heterocycles. The summed E-state index contributed by atoms with van der Waals surface area (Å²) < 4.78 is 2.14. The van der Waals surface area contributed by atoms with Gasteiger partial charge in [-0.2, -0.15) is 4.57 Å². The summed E-state index contributed by atoms with van der Waals surface area (Å²) in [6.45, 7) is 2.15. The van der Waals surface area contributed by atoms with Crippen LogP contribution in [0.5, 0.6) is 0 Å². The fourth-order valence-electron chi connectivity index (χ4n) is 2.27. The summed E-state index contributed by atoms with van der Waals surface area (Å²) in [6, 6.07) is 10.4. The molecule has 3 rings (SSSR count). The molecule has 16 heavy (non-hydrogen) atoms. The molecular formula is C14H13N2+. The molecule has 0 N–H and O–H groups in total. The zero-order chi connectivity index (χ0) is 11.1. The Morgan fingerprint density at radius 1 is 1.12 bits per heavy atom. The number of fused-ring (bicyclic) bond motifs is 3. The molecule has 2 aromatic heterocycles. The van der Waals surface area contributed by atoms with Crippen molar-refractivity contribution in [3.63, 3.8) is 0 Å². The van der Waals surface area contributed by atoms with Crippen LogP contribution >= 0.6 is 0 Å². The summed E-state index contributed by atoms with van der Waals surface area (Å²) in [4.78, 5) is 4.49. The Morgan fingerprint density at radius 3 is 2.88 bits per heavy atom. The topological polar surface area (TPSA) is 16.8 Å². The van der Waals surface area contributed by atoms with Gasteiger partial charge in [0.1, 0.15) is 12.6 Å². The first kappa shape index (κ1) is 9.28. The average Bonchev–Trinajstić information content (AvgIpc) is 2.29. The Balaban J connectivity index is 2.67. The van der Waals surface area contributed by atoms with E-state index >= 15 is 0 Å². The Morgan fingerprint density at radius 2 is 2.00 bits per heavy atom. The van der Waals surface area contributed by atoms with Crippen LogP contribution < -0.4 is 4.57 Å². The smallest absolute Gasteiger partial charge is 0.239 e. The quantitative estimate of drug-likeness (QED) is 0.410. The summed E-state index contributed by atoms with van der Waals surface area (Å²) in [5, 5.41) is 2.50.